The second-order valence-corrected chi connectivity index (χ2v) is 9.40. The van der Waals surface area contributed by atoms with E-state index in [9.17, 15) is 4.79 Å². The van der Waals surface area contributed by atoms with Crippen molar-refractivity contribution in [2.75, 3.05) is 0 Å². The number of carbonyl (C=O) groups is 1. The van der Waals surface area contributed by atoms with Gasteiger partial charge in [-0.25, -0.2) is 4.79 Å². The van der Waals surface area contributed by atoms with E-state index in [-0.39, 0.29) is 12.1 Å². The lowest BCUT2D eigenvalue weighted by atomic mass is 10.0. The van der Waals surface area contributed by atoms with Crippen LogP contribution in [0.15, 0.2) is 12.2 Å². The molecular weight excluding hydrogens is 368 g/mol. The highest BCUT2D eigenvalue weighted by molar-refractivity contribution is 5.87. The van der Waals surface area contributed by atoms with Gasteiger partial charge in [0.25, 0.3) is 0 Å². The van der Waals surface area contributed by atoms with Crippen LogP contribution in [0.4, 0.5) is 0 Å². The van der Waals surface area contributed by atoms with Gasteiger partial charge in [-0.05, 0) is 32.6 Å². The molecule has 0 amide bonds. The molecule has 0 aliphatic rings. The van der Waals surface area contributed by atoms with E-state index in [1.165, 1.54) is 122 Å². The highest BCUT2D eigenvalue weighted by Gasteiger charge is 2.14. The van der Waals surface area contributed by atoms with Crippen LogP contribution in [0.25, 0.3) is 0 Å². The van der Waals surface area contributed by atoms with Gasteiger partial charge >= 0.3 is 5.97 Å². The summed E-state index contributed by atoms with van der Waals surface area (Å²) in [6, 6.07) is 0. The Balaban J connectivity index is 3.81. The van der Waals surface area contributed by atoms with Crippen LogP contribution in [0.1, 0.15) is 156 Å². The average Bonchev–Trinajstić information content (AvgIpc) is 2.73. The Labute approximate surface area is 189 Å². The van der Waals surface area contributed by atoms with Gasteiger partial charge in [-0.1, -0.05) is 130 Å². The number of ether oxygens (including phenoxy) is 1. The largest absolute Gasteiger partial charge is 0.459 e. The van der Waals surface area contributed by atoms with Crippen molar-refractivity contribution in [3.63, 3.8) is 0 Å². The molecule has 178 valence electrons. The third-order valence-corrected chi connectivity index (χ3v) is 6.13. The van der Waals surface area contributed by atoms with Gasteiger partial charge in [0.05, 0.1) is 0 Å². The first-order chi connectivity index (χ1) is 14.6. The van der Waals surface area contributed by atoms with Crippen LogP contribution in [0.5, 0.6) is 0 Å². The van der Waals surface area contributed by atoms with Crippen molar-refractivity contribution < 1.29 is 9.53 Å². The maximum absolute atomic E-state index is 12.0. The molecule has 0 radical (unpaired) electrons. The smallest absolute Gasteiger partial charge is 0.333 e. The lowest BCUT2D eigenvalue weighted by Crippen LogP contribution is -2.18. The van der Waals surface area contributed by atoms with Crippen molar-refractivity contribution in [2.24, 2.45) is 0 Å². The molecule has 0 aromatic carbocycles. The number of esters is 1. The summed E-state index contributed by atoms with van der Waals surface area (Å²) >= 11 is 0. The van der Waals surface area contributed by atoms with Gasteiger partial charge < -0.3 is 4.74 Å². The van der Waals surface area contributed by atoms with Crippen LogP contribution in [0.2, 0.25) is 0 Å². The fourth-order valence-corrected chi connectivity index (χ4v) is 4.06. The van der Waals surface area contributed by atoms with E-state index in [0.29, 0.717) is 5.57 Å². The number of rotatable bonds is 23. The molecular formula is C28H54O2. The van der Waals surface area contributed by atoms with Gasteiger partial charge in [-0.2, -0.15) is 0 Å². The van der Waals surface area contributed by atoms with Crippen molar-refractivity contribution in [2.45, 2.75) is 162 Å². The van der Waals surface area contributed by atoms with Crippen LogP contribution < -0.4 is 0 Å². The zero-order chi connectivity index (χ0) is 22.3. The lowest BCUT2D eigenvalue weighted by Gasteiger charge is -2.18. The average molecular weight is 423 g/mol. The van der Waals surface area contributed by atoms with Crippen LogP contribution in [-0.2, 0) is 9.53 Å². The molecule has 0 spiro atoms. The van der Waals surface area contributed by atoms with E-state index < -0.39 is 0 Å². The molecule has 1 atom stereocenters. The van der Waals surface area contributed by atoms with E-state index in [4.69, 9.17) is 4.74 Å². The first-order valence-electron chi connectivity index (χ1n) is 13.5. The maximum atomic E-state index is 12.0. The van der Waals surface area contributed by atoms with Gasteiger partial charge in [0.2, 0.25) is 0 Å². The van der Waals surface area contributed by atoms with Crippen LogP contribution >= 0.6 is 0 Å². The summed E-state index contributed by atoms with van der Waals surface area (Å²) in [7, 11) is 0. The minimum Gasteiger partial charge on any atom is -0.459 e. The van der Waals surface area contributed by atoms with E-state index in [0.717, 1.165) is 12.8 Å². The molecule has 2 nitrogen and oxygen atoms in total. The summed E-state index contributed by atoms with van der Waals surface area (Å²) in [4.78, 5) is 12.0. The summed E-state index contributed by atoms with van der Waals surface area (Å²) in [5.41, 5.74) is 0.523. The lowest BCUT2D eigenvalue weighted by molar-refractivity contribution is -0.145. The Morgan fingerprint density at radius 3 is 1.20 bits per heavy atom. The molecule has 0 rings (SSSR count). The van der Waals surface area contributed by atoms with E-state index >= 15 is 0 Å². The molecule has 0 bridgehead atoms. The minimum absolute atomic E-state index is 0.0906. The molecule has 1 unspecified atom stereocenters. The molecule has 30 heavy (non-hydrogen) atoms. The van der Waals surface area contributed by atoms with Crippen molar-refractivity contribution >= 4 is 5.97 Å². The summed E-state index contributed by atoms with van der Waals surface area (Å²) in [6.45, 7) is 10.0. The van der Waals surface area contributed by atoms with Gasteiger partial charge in [0.1, 0.15) is 6.10 Å². The zero-order valence-electron chi connectivity index (χ0n) is 21.0. The predicted octanol–water partition coefficient (Wildman–Crippen LogP) is 9.71. The first-order valence-corrected chi connectivity index (χ1v) is 13.5. The van der Waals surface area contributed by atoms with Gasteiger partial charge in [0, 0.05) is 5.57 Å². The van der Waals surface area contributed by atoms with Gasteiger partial charge in [-0.15, -0.1) is 0 Å². The molecule has 0 aliphatic carbocycles. The van der Waals surface area contributed by atoms with E-state index in [1.807, 2.05) is 0 Å². The summed E-state index contributed by atoms with van der Waals surface area (Å²) < 4.78 is 5.72. The fourth-order valence-electron chi connectivity index (χ4n) is 4.06. The minimum atomic E-state index is -0.206. The van der Waals surface area contributed by atoms with Crippen molar-refractivity contribution in [1.82, 2.24) is 0 Å². The standard InChI is InChI=1S/C28H54O2/c1-5-7-9-11-13-15-16-17-19-21-23-25-27(30-28(29)26(3)4)24-22-20-18-14-12-10-8-6-2/h27H,3,5-25H2,1-2,4H3. The molecule has 0 saturated heterocycles. The Hall–Kier alpha value is -0.790. The number of carbonyl (C=O) groups excluding carboxylic acids is 1. The van der Waals surface area contributed by atoms with Crippen LogP contribution in [-0.4, -0.2) is 12.1 Å². The second-order valence-electron chi connectivity index (χ2n) is 9.40. The Morgan fingerprint density at radius 2 is 0.900 bits per heavy atom. The first kappa shape index (κ1) is 29.2. The second kappa shape index (κ2) is 22.9. The molecule has 0 heterocycles. The molecule has 2 heteroatoms. The molecule has 0 aromatic heterocycles. The Bertz CT molecular complexity index is 388. The molecule has 0 N–H and O–H groups in total. The fraction of sp³-hybridized carbons (Fsp3) is 0.893. The SMILES string of the molecule is C=C(C)C(=O)OC(CCCCCCCCCC)CCCCCCCCCCCCC. The van der Waals surface area contributed by atoms with E-state index in [1.54, 1.807) is 6.92 Å². The number of hydrogen-bond donors (Lipinski definition) is 0. The summed E-state index contributed by atoms with van der Waals surface area (Å²) in [6.07, 6.45) is 27.6. The Morgan fingerprint density at radius 1 is 0.600 bits per heavy atom. The Kier molecular flexibility index (Phi) is 22.3. The summed E-state index contributed by atoms with van der Waals surface area (Å²) in [5, 5.41) is 0. The normalized spacial score (nSPS) is 12.1. The molecule has 0 aromatic rings. The van der Waals surface area contributed by atoms with Crippen molar-refractivity contribution in [1.29, 1.82) is 0 Å². The third kappa shape index (κ3) is 20.5. The molecule has 0 aliphatic heterocycles. The van der Waals surface area contributed by atoms with Crippen LogP contribution in [0, 0.1) is 0 Å². The van der Waals surface area contributed by atoms with Crippen molar-refractivity contribution in [3.8, 4) is 0 Å². The molecule has 0 saturated carbocycles. The summed E-state index contributed by atoms with van der Waals surface area (Å²) in [5.74, 6) is -0.206. The number of hydrogen-bond acceptors (Lipinski definition) is 2. The third-order valence-electron chi connectivity index (χ3n) is 6.13. The van der Waals surface area contributed by atoms with Crippen LogP contribution in [0.3, 0.4) is 0 Å². The van der Waals surface area contributed by atoms with Gasteiger partial charge in [-0.3, -0.25) is 0 Å². The van der Waals surface area contributed by atoms with Crippen molar-refractivity contribution in [3.05, 3.63) is 12.2 Å². The number of unbranched alkanes of at least 4 members (excludes halogenated alkanes) is 17. The quantitative estimate of drug-likeness (QED) is 0.0930. The topological polar surface area (TPSA) is 26.3 Å². The maximum Gasteiger partial charge on any atom is 0.333 e. The predicted molar refractivity (Wildman–Crippen MR) is 133 cm³/mol. The zero-order valence-corrected chi connectivity index (χ0v) is 21.0. The monoisotopic (exact) mass is 422 g/mol. The molecule has 0 fully saturated rings. The highest BCUT2D eigenvalue weighted by atomic mass is 16.5. The highest BCUT2D eigenvalue weighted by Crippen LogP contribution is 2.18. The van der Waals surface area contributed by atoms with E-state index in [2.05, 4.69) is 20.4 Å². The van der Waals surface area contributed by atoms with Gasteiger partial charge in [0.15, 0.2) is 0 Å².